The summed E-state index contributed by atoms with van der Waals surface area (Å²) in [7, 11) is 1.63. The van der Waals surface area contributed by atoms with Crippen molar-refractivity contribution in [2.45, 2.75) is 19.9 Å². The first-order chi connectivity index (χ1) is 6.63. The maximum absolute atomic E-state index is 13.3. The quantitative estimate of drug-likeness (QED) is 0.801. The van der Waals surface area contributed by atoms with E-state index < -0.39 is 0 Å². The van der Waals surface area contributed by atoms with E-state index in [9.17, 15) is 4.39 Å². The zero-order valence-corrected chi connectivity index (χ0v) is 8.80. The van der Waals surface area contributed by atoms with E-state index in [-0.39, 0.29) is 11.9 Å². The fourth-order valence-corrected chi connectivity index (χ4v) is 1.29. The van der Waals surface area contributed by atoms with E-state index in [2.05, 4.69) is 5.32 Å². The van der Waals surface area contributed by atoms with Crippen LogP contribution >= 0.6 is 0 Å². The molecule has 0 heterocycles. The minimum absolute atomic E-state index is 0.109. The van der Waals surface area contributed by atoms with Crippen molar-refractivity contribution in [2.75, 3.05) is 19.0 Å². The number of anilines is 1. The summed E-state index contributed by atoms with van der Waals surface area (Å²) in [6.45, 7) is 4.38. The monoisotopic (exact) mass is 197 g/mol. The van der Waals surface area contributed by atoms with Gasteiger partial charge in [0.15, 0.2) is 0 Å². The number of aryl methyl sites for hydroxylation is 1. The Kier molecular flexibility index (Phi) is 3.89. The van der Waals surface area contributed by atoms with Crippen molar-refractivity contribution in [3.8, 4) is 0 Å². The second kappa shape index (κ2) is 4.96. The van der Waals surface area contributed by atoms with Crippen LogP contribution in [0.25, 0.3) is 0 Å². The second-order valence-electron chi connectivity index (χ2n) is 3.48. The van der Waals surface area contributed by atoms with E-state index >= 15 is 0 Å². The van der Waals surface area contributed by atoms with Gasteiger partial charge in [0.05, 0.1) is 12.3 Å². The first-order valence-corrected chi connectivity index (χ1v) is 4.65. The number of ether oxygens (including phenoxy) is 1. The summed E-state index contributed by atoms with van der Waals surface area (Å²) in [5, 5.41) is 3.04. The Hall–Kier alpha value is -1.09. The molecule has 0 spiro atoms. The van der Waals surface area contributed by atoms with Crippen LogP contribution in [0.1, 0.15) is 12.5 Å². The van der Waals surface area contributed by atoms with Crippen molar-refractivity contribution in [1.82, 2.24) is 0 Å². The Morgan fingerprint density at radius 2 is 2.21 bits per heavy atom. The van der Waals surface area contributed by atoms with Gasteiger partial charge in [-0.2, -0.15) is 0 Å². The van der Waals surface area contributed by atoms with E-state index in [4.69, 9.17) is 4.74 Å². The smallest absolute Gasteiger partial charge is 0.146 e. The zero-order valence-electron chi connectivity index (χ0n) is 8.80. The Balaban J connectivity index is 2.67. The molecular weight excluding hydrogens is 181 g/mol. The van der Waals surface area contributed by atoms with Gasteiger partial charge in [-0.3, -0.25) is 0 Å². The average Bonchev–Trinajstić information content (AvgIpc) is 2.10. The Morgan fingerprint density at radius 1 is 1.50 bits per heavy atom. The second-order valence-corrected chi connectivity index (χ2v) is 3.48. The third-order valence-electron chi connectivity index (χ3n) is 1.94. The van der Waals surface area contributed by atoms with E-state index in [1.807, 2.05) is 19.9 Å². The highest BCUT2D eigenvalue weighted by atomic mass is 19.1. The SMILES string of the molecule is COC[C@@H](C)Nc1ccc(C)cc1F. The molecule has 1 atom stereocenters. The summed E-state index contributed by atoms with van der Waals surface area (Å²) in [6.07, 6.45) is 0. The summed E-state index contributed by atoms with van der Waals surface area (Å²) in [5.41, 5.74) is 1.45. The average molecular weight is 197 g/mol. The van der Waals surface area contributed by atoms with Crippen molar-refractivity contribution in [3.05, 3.63) is 29.6 Å². The van der Waals surface area contributed by atoms with Crippen LogP contribution in [0.2, 0.25) is 0 Å². The molecule has 2 nitrogen and oxygen atoms in total. The molecule has 0 unspecified atom stereocenters. The lowest BCUT2D eigenvalue weighted by Gasteiger charge is -2.14. The molecule has 0 aliphatic carbocycles. The highest BCUT2D eigenvalue weighted by Gasteiger charge is 2.05. The number of rotatable bonds is 4. The van der Waals surface area contributed by atoms with Crippen LogP contribution in [0.3, 0.4) is 0 Å². The lowest BCUT2D eigenvalue weighted by Crippen LogP contribution is -2.21. The van der Waals surface area contributed by atoms with Crippen molar-refractivity contribution in [1.29, 1.82) is 0 Å². The lowest BCUT2D eigenvalue weighted by molar-refractivity contribution is 0.190. The van der Waals surface area contributed by atoms with Crippen molar-refractivity contribution in [3.63, 3.8) is 0 Å². The number of nitrogens with one attached hydrogen (secondary N) is 1. The fourth-order valence-electron chi connectivity index (χ4n) is 1.29. The summed E-state index contributed by atoms with van der Waals surface area (Å²) in [5.74, 6) is -0.215. The van der Waals surface area contributed by atoms with Gasteiger partial charge in [-0.15, -0.1) is 0 Å². The van der Waals surface area contributed by atoms with Gasteiger partial charge >= 0.3 is 0 Å². The van der Waals surface area contributed by atoms with Crippen LogP contribution in [0, 0.1) is 12.7 Å². The molecule has 0 aliphatic heterocycles. The number of benzene rings is 1. The molecule has 0 aromatic heterocycles. The Labute approximate surface area is 84.1 Å². The molecule has 0 radical (unpaired) electrons. The lowest BCUT2D eigenvalue weighted by atomic mass is 10.2. The Bertz CT molecular complexity index is 301. The standard InChI is InChI=1S/C11H16FNO/c1-8-4-5-11(10(12)6-8)13-9(2)7-14-3/h4-6,9,13H,7H2,1-3H3/t9-/m1/s1. The topological polar surface area (TPSA) is 21.3 Å². The normalized spacial score (nSPS) is 12.6. The summed E-state index contributed by atoms with van der Waals surface area (Å²) in [6, 6.07) is 5.25. The predicted molar refractivity (Wildman–Crippen MR) is 56.1 cm³/mol. The van der Waals surface area contributed by atoms with Gasteiger partial charge < -0.3 is 10.1 Å². The molecule has 1 aromatic rings. The molecule has 0 aliphatic rings. The third kappa shape index (κ3) is 3.00. The molecule has 0 saturated heterocycles. The highest BCUT2D eigenvalue weighted by molar-refractivity contribution is 5.46. The van der Waals surface area contributed by atoms with Crippen LogP contribution in [0.15, 0.2) is 18.2 Å². The molecule has 3 heteroatoms. The maximum atomic E-state index is 13.3. The largest absolute Gasteiger partial charge is 0.383 e. The van der Waals surface area contributed by atoms with Crippen LogP contribution < -0.4 is 5.32 Å². The number of hydrogen-bond acceptors (Lipinski definition) is 2. The van der Waals surface area contributed by atoms with Gasteiger partial charge in [0.25, 0.3) is 0 Å². The number of hydrogen-bond donors (Lipinski definition) is 1. The summed E-state index contributed by atoms with van der Waals surface area (Å²) in [4.78, 5) is 0. The molecule has 1 N–H and O–H groups in total. The molecule has 0 amide bonds. The molecule has 1 aromatic carbocycles. The summed E-state index contributed by atoms with van der Waals surface area (Å²) < 4.78 is 18.3. The minimum Gasteiger partial charge on any atom is -0.383 e. The van der Waals surface area contributed by atoms with Crippen molar-refractivity contribution >= 4 is 5.69 Å². The van der Waals surface area contributed by atoms with E-state index in [0.29, 0.717) is 12.3 Å². The Morgan fingerprint density at radius 3 is 2.79 bits per heavy atom. The minimum atomic E-state index is -0.215. The summed E-state index contributed by atoms with van der Waals surface area (Å²) >= 11 is 0. The molecular formula is C11H16FNO. The molecule has 0 fully saturated rings. The number of halogens is 1. The van der Waals surface area contributed by atoms with Gasteiger partial charge in [-0.25, -0.2) is 4.39 Å². The first-order valence-electron chi connectivity index (χ1n) is 4.65. The predicted octanol–water partition coefficient (Wildman–Crippen LogP) is 2.58. The zero-order chi connectivity index (χ0) is 10.6. The van der Waals surface area contributed by atoms with Gasteiger partial charge in [0, 0.05) is 13.2 Å². The molecule has 78 valence electrons. The van der Waals surface area contributed by atoms with Gasteiger partial charge in [0.2, 0.25) is 0 Å². The maximum Gasteiger partial charge on any atom is 0.146 e. The first kappa shape index (κ1) is 11.0. The van der Waals surface area contributed by atoms with Crippen LogP contribution in [-0.4, -0.2) is 19.8 Å². The fraction of sp³-hybridized carbons (Fsp3) is 0.455. The van der Waals surface area contributed by atoms with E-state index in [1.54, 1.807) is 13.2 Å². The van der Waals surface area contributed by atoms with E-state index in [1.165, 1.54) is 6.07 Å². The van der Waals surface area contributed by atoms with E-state index in [0.717, 1.165) is 5.56 Å². The number of methoxy groups -OCH3 is 1. The van der Waals surface area contributed by atoms with Gasteiger partial charge in [0.1, 0.15) is 5.82 Å². The van der Waals surface area contributed by atoms with Crippen LogP contribution in [-0.2, 0) is 4.74 Å². The van der Waals surface area contributed by atoms with Gasteiger partial charge in [-0.1, -0.05) is 6.07 Å². The molecule has 14 heavy (non-hydrogen) atoms. The van der Waals surface area contributed by atoms with Crippen molar-refractivity contribution < 1.29 is 9.13 Å². The molecule has 1 rings (SSSR count). The van der Waals surface area contributed by atoms with Crippen molar-refractivity contribution in [2.24, 2.45) is 0 Å². The third-order valence-corrected chi connectivity index (χ3v) is 1.94. The molecule has 0 bridgehead atoms. The van der Waals surface area contributed by atoms with Gasteiger partial charge in [-0.05, 0) is 31.5 Å². The van der Waals surface area contributed by atoms with Crippen LogP contribution in [0.5, 0.6) is 0 Å². The highest BCUT2D eigenvalue weighted by Crippen LogP contribution is 2.16. The molecule has 0 saturated carbocycles. The van der Waals surface area contributed by atoms with Crippen LogP contribution in [0.4, 0.5) is 10.1 Å².